The normalized spacial score (nSPS) is 27.4. The van der Waals surface area contributed by atoms with E-state index in [1.807, 2.05) is 26.8 Å². The Morgan fingerprint density at radius 1 is 1.55 bits per heavy atom. The van der Waals surface area contributed by atoms with Crippen molar-refractivity contribution in [1.29, 1.82) is 5.26 Å². The Labute approximate surface area is 119 Å². The van der Waals surface area contributed by atoms with Gasteiger partial charge in [-0.2, -0.15) is 5.26 Å². The summed E-state index contributed by atoms with van der Waals surface area (Å²) in [5.41, 5.74) is 0.110. The van der Waals surface area contributed by atoms with Crippen LogP contribution in [0.15, 0.2) is 18.3 Å². The number of hydrogen-bond acceptors (Lipinski definition) is 5. The summed E-state index contributed by atoms with van der Waals surface area (Å²) in [6.45, 7) is 7.12. The van der Waals surface area contributed by atoms with E-state index in [-0.39, 0.29) is 11.5 Å². The summed E-state index contributed by atoms with van der Waals surface area (Å²) in [7, 11) is 0. The number of rotatable bonds is 5. The highest BCUT2D eigenvalue weighted by Crippen LogP contribution is 2.51. The minimum Gasteiger partial charge on any atom is -0.387 e. The van der Waals surface area contributed by atoms with E-state index >= 15 is 0 Å². The molecule has 5 heteroatoms. The number of anilines is 1. The number of nitriles is 1. The van der Waals surface area contributed by atoms with Crippen LogP contribution in [0.4, 0.5) is 5.69 Å². The van der Waals surface area contributed by atoms with Gasteiger partial charge in [-0.05, 0) is 19.1 Å². The average molecular weight is 275 g/mol. The van der Waals surface area contributed by atoms with E-state index in [0.29, 0.717) is 25.3 Å². The molecule has 0 aliphatic heterocycles. The molecule has 1 aromatic heterocycles. The monoisotopic (exact) mass is 275 g/mol. The third-order valence-corrected chi connectivity index (χ3v) is 4.36. The zero-order valence-corrected chi connectivity index (χ0v) is 12.2. The summed E-state index contributed by atoms with van der Waals surface area (Å²) >= 11 is 0. The van der Waals surface area contributed by atoms with Gasteiger partial charge in [-0.1, -0.05) is 13.8 Å². The second kappa shape index (κ2) is 5.39. The SMILES string of the molecule is CCO[C@H]1C[C@@](O)(CNc2ccc(C#N)nc2)C1(C)C. The summed E-state index contributed by atoms with van der Waals surface area (Å²) in [4.78, 5) is 3.99. The molecule has 0 amide bonds. The highest BCUT2D eigenvalue weighted by atomic mass is 16.5. The van der Waals surface area contributed by atoms with Crippen molar-refractivity contribution >= 4 is 5.69 Å². The molecule has 2 rings (SSSR count). The molecule has 1 aliphatic carbocycles. The van der Waals surface area contributed by atoms with Crippen molar-refractivity contribution in [3.05, 3.63) is 24.0 Å². The first-order chi connectivity index (χ1) is 9.43. The van der Waals surface area contributed by atoms with Crippen LogP contribution in [-0.2, 0) is 4.74 Å². The molecule has 0 saturated heterocycles. The highest BCUT2D eigenvalue weighted by molar-refractivity contribution is 5.43. The first kappa shape index (κ1) is 14.8. The van der Waals surface area contributed by atoms with Crippen LogP contribution in [0, 0.1) is 16.7 Å². The van der Waals surface area contributed by atoms with Gasteiger partial charge in [0.2, 0.25) is 0 Å². The zero-order chi connectivity index (χ0) is 14.8. The molecule has 0 unspecified atom stereocenters. The predicted molar refractivity (Wildman–Crippen MR) is 76.2 cm³/mol. The maximum atomic E-state index is 10.7. The number of ether oxygens (including phenoxy) is 1. The molecule has 1 saturated carbocycles. The van der Waals surface area contributed by atoms with Crippen LogP contribution in [0.25, 0.3) is 0 Å². The van der Waals surface area contributed by atoms with Gasteiger partial charge in [0.25, 0.3) is 0 Å². The first-order valence-electron chi connectivity index (χ1n) is 6.87. The lowest BCUT2D eigenvalue weighted by Gasteiger charge is -2.58. The Morgan fingerprint density at radius 2 is 2.30 bits per heavy atom. The Hall–Kier alpha value is -1.64. The molecular formula is C15H21N3O2. The van der Waals surface area contributed by atoms with Gasteiger partial charge in [0.15, 0.2) is 0 Å². The van der Waals surface area contributed by atoms with Crippen LogP contribution < -0.4 is 5.32 Å². The minimum absolute atomic E-state index is 0.0957. The van der Waals surface area contributed by atoms with Gasteiger partial charge in [0.05, 0.1) is 23.6 Å². The van der Waals surface area contributed by atoms with Crippen LogP contribution in [0.3, 0.4) is 0 Å². The predicted octanol–water partition coefficient (Wildman–Crippen LogP) is 1.93. The average Bonchev–Trinajstić information content (AvgIpc) is 2.45. The molecule has 0 aromatic carbocycles. The molecule has 1 fully saturated rings. The molecule has 1 aliphatic rings. The molecule has 5 nitrogen and oxygen atoms in total. The lowest BCUT2D eigenvalue weighted by molar-refractivity contribution is -0.233. The summed E-state index contributed by atoms with van der Waals surface area (Å²) < 4.78 is 5.63. The number of hydrogen-bond donors (Lipinski definition) is 2. The Morgan fingerprint density at radius 3 is 2.80 bits per heavy atom. The third kappa shape index (κ3) is 2.49. The van der Waals surface area contributed by atoms with Crippen LogP contribution in [0.5, 0.6) is 0 Å². The van der Waals surface area contributed by atoms with Gasteiger partial charge >= 0.3 is 0 Å². The smallest absolute Gasteiger partial charge is 0.140 e. The number of aliphatic hydroxyl groups is 1. The number of aromatic nitrogens is 1. The molecule has 1 aromatic rings. The van der Waals surface area contributed by atoms with Crippen molar-refractivity contribution in [2.75, 3.05) is 18.5 Å². The second-order valence-corrected chi connectivity index (χ2v) is 5.80. The fourth-order valence-electron chi connectivity index (χ4n) is 2.57. The quantitative estimate of drug-likeness (QED) is 0.858. The van der Waals surface area contributed by atoms with Gasteiger partial charge in [-0.15, -0.1) is 0 Å². The molecule has 20 heavy (non-hydrogen) atoms. The highest BCUT2D eigenvalue weighted by Gasteiger charge is 2.59. The van der Waals surface area contributed by atoms with Crippen LogP contribution in [-0.4, -0.2) is 34.9 Å². The molecule has 2 atom stereocenters. The van der Waals surface area contributed by atoms with Crippen molar-refractivity contribution in [2.45, 2.75) is 38.9 Å². The van der Waals surface area contributed by atoms with Crippen molar-refractivity contribution < 1.29 is 9.84 Å². The molecule has 0 radical (unpaired) electrons. The summed E-state index contributed by atoms with van der Waals surface area (Å²) in [5.74, 6) is 0. The molecule has 1 heterocycles. The van der Waals surface area contributed by atoms with Crippen molar-refractivity contribution in [1.82, 2.24) is 4.98 Å². The van der Waals surface area contributed by atoms with Crippen LogP contribution in [0.2, 0.25) is 0 Å². The largest absolute Gasteiger partial charge is 0.387 e. The summed E-state index contributed by atoms with van der Waals surface area (Å²) in [6.07, 6.45) is 2.33. The second-order valence-electron chi connectivity index (χ2n) is 5.80. The van der Waals surface area contributed by atoms with Crippen molar-refractivity contribution in [3.8, 4) is 6.07 Å². The van der Waals surface area contributed by atoms with Crippen molar-refractivity contribution in [3.63, 3.8) is 0 Å². The standard InChI is InChI=1S/C15H21N3O2/c1-4-20-13-7-15(19,14(13,2)3)10-18-12-6-5-11(8-16)17-9-12/h5-6,9,13,18-19H,4,7,10H2,1-3H3/t13-,15+/m0/s1. The summed E-state index contributed by atoms with van der Waals surface area (Å²) in [6, 6.07) is 5.42. The molecule has 0 bridgehead atoms. The van der Waals surface area contributed by atoms with E-state index in [4.69, 9.17) is 10.00 Å². The van der Waals surface area contributed by atoms with Gasteiger partial charge in [0.1, 0.15) is 11.8 Å². The lowest BCUT2D eigenvalue weighted by atomic mass is 9.56. The van der Waals surface area contributed by atoms with E-state index in [9.17, 15) is 5.11 Å². The Balaban J connectivity index is 1.95. The maximum Gasteiger partial charge on any atom is 0.140 e. The van der Waals surface area contributed by atoms with Crippen molar-refractivity contribution in [2.24, 2.45) is 5.41 Å². The molecule has 0 spiro atoms. The van der Waals surface area contributed by atoms with Crippen LogP contribution in [0.1, 0.15) is 32.9 Å². The van der Waals surface area contributed by atoms with E-state index < -0.39 is 5.60 Å². The zero-order valence-electron chi connectivity index (χ0n) is 12.2. The minimum atomic E-state index is -0.791. The van der Waals surface area contributed by atoms with Gasteiger partial charge < -0.3 is 15.2 Å². The van der Waals surface area contributed by atoms with E-state index in [1.165, 1.54) is 0 Å². The third-order valence-electron chi connectivity index (χ3n) is 4.36. The van der Waals surface area contributed by atoms with E-state index in [2.05, 4.69) is 10.3 Å². The fraction of sp³-hybridized carbons (Fsp3) is 0.600. The summed E-state index contributed by atoms with van der Waals surface area (Å²) in [5, 5.41) is 22.6. The number of nitrogens with one attached hydrogen (secondary N) is 1. The molecule has 2 N–H and O–H groups in total. The van der Waals surface area contributed by atoms with Gasteiger partial charge in [0, 0.05) is 25.0 Å². The molecule has 108 valence electrons. The fourth-order valence-corrected chi connectivity index (χ4v) is 2.57. The number of nitrogens with zero attached hydrogens (tertiary/aromatic N) is 2. The Bertz CT molecular complexity index is 507. The van der Waals surface area contributed by atoms with Gasteiger partial charge in [-0.25, -0.2) is 4.98 Å². The topological polar surface area (TPSA) is 78.2 Å². The number of pyridine rings is 1. The maximum absolute atomic E-state index is 10.7. The Kier molecular flexibility index (Phi) is 3.98. The lowest BCUT2D eigenvalue weighted by Crippen LogP contribution is -2.67. The molecular weight excluding hydrogens is 254 g/mol. The van der Waals surface area contributed by atoms with E-state index in [1.54, 1.807) is 18.3 Å². The van der Waals surface area contributed by atoms with Crippen LogP contribution >= 0.6 is 0 Å². The van der Waals surface area contributed by atoms with E-state index in [0.717, 1.165) is 5.69 Å². The van der Waals surface area contributed by atoms with Gasteiger partial charge in [-0.3, -0.25) is 0 Å². The first-order valence-corrected chi connectivity index (χ1v) is 6.87.